The Kier molecular flexibility index (Phi) is 4.65. The second-order valence-corrected chi connectivity index (χ2v) is 6.39. The number of nitrogens with zero attached hydrogens (tertiary/aromatic N) is 1. The van der Waals surface area contributed by atoms with Gasteiger partial charge < -0.3 is 10.2 Å². The van der Waals surface area contributed by atoms with Gasteiger partial charge in [0.2, 0.25) is 5.91 Å². The highest BCUT2D eigenvalue weighted by Crippen LogP contribution is 2.25. The molecule has 24 heavy (non-hydrogen) atoms. The van der Waals surface area contributed by atoms with Gasteiger partial charge in [-0.2, -0.15) is 0 Å². The van der Waals surface area contributed by atoms with Crippen molar-refractivity contribution in [3.05, 3.63) is 59.7 Å². The first-order chi connectivity index (χ1) is 11.6. The number of carbonyl (C=O) groups is 2. The molecule has 0 bridgehead atoms. The quantitative estimate of drug-likeness (QED) is 0.917. The maximum Gasteiger partial charge on any atom is 0.255 e. The van der Waals surface area contributed by atoms with Crippen LogP contribution in [0, 0.1) is 0 Å². The summed E-state index contributed by atoms with van der Waals surface area (Å²) in [4.78, 5) is 26.1. The van der Waals surface area contributed by atoms with Gasteiger partial charge in [-0.3, -0.25) is 9.59 Å². The van der Waals surface area contributed by atoms with E-state index in [1.54, 1.807) is 17.0 Å². The normalized spacial score (nSPS) is 14.3. The Bertz CT molecular complexity index is 750. The first-order valence-electron chi connectivity index (χ1n) is 8.37. The minimum Gasteiger partial charge on any atom is -0.322 e. The number of hydrogen-bond donors (Lipinski definition) is 1. The molecule has 4 nitrogen and oxygen atoms in total. The zero-order valence-electron chi connectivity index (χ0n) is 14.1. The van der Waals surface area contributed by atoms with E-state index in [0.717, 1.165) is 29.9 Å². The summed E-state index contributed by atoms with van der Waals surface area (Å²) in [5.41, 5.74) is 3.40. The highest BCUT2D eigenvalue weighted by Gasteiger charge is 2.21. The van der Waals surface area contributed by atoms with Gasteiger partial charge in [-0.25, -0.2) is 0 Å². The average molecular weight is 322 g/mol. The van der Waals surface area contributed by atoms with Crippen molar-refractivity contribution in [3.8, 4) is 0 Å². The van der Waals surface area contributed by atoms with Crippen LogP contribution in [0.1, 0.15) is 48.5 Å². The van der Waals surface area contributed by atoms with Crippen LogP contribution < -0.4 is 10.2 Å². The highest BCUT2D eigenvalue weighted by molar-refractivity contribution is 6.05. The molecular weight excluding hydrogens is 300 g/mol. The van der Waals surface area contributed by atoms with Crippen molar-refractivity contribution in [1.82, 2.24) is 0 Å². The summed E-state index contributed by atoms with van der Waals surface area (Å²) < 4.78 is 0. The molecule has 1 N–H and O–H groups in total. The molecular formula is C20H22N2O2. The summed E-state index contributed by atoms with van der Waals surface area (Å²) in [7, 11) is 0. The predicted octanol–water partition coefficient (Wildman–Crippen LogP) is 4.19. The van der Waals surface area contributed by atoms with Gasteiger partial charge >= 0.3 is 0 Å². The van der Waals surface area contributed by atoms with Crippen LogP contribution in [-0.2, 0) is 4.79 Å². The fourth-order valence-electron chi connectivity index (χ4n) is 3.02. The third kappa shape index (κ3) is 3.32. The number of amides is 2. The number of para-hydroxylation sites is 1. The highest BCUT2D eigenvalue weighted by atomic mass is 16.2. The van der Waals surface area contributed by atoms with Crippen molar-refractivity contribution in [2.75, 3.05) is 16.8 Å². The van der Waals surface area contributed by atoms with Gasteiger partial charge in [0.1, 0.15) is 0 Å². The molecule has 4 heteroatoms. The van der Waals surface area contributed by atoms with Gasteiger partial charge in [0.25, 0.3) is 5.91 Å². The number of rotatable bonds is 4. The zero-order valence-corrected chi connectivity index (χ0v) is 14.1. The molecule has 1 saturated heterocycles. The molecule has 0 unspecified atom stereocenters. The molecule has 0 atom stereocenters. The Hall–Kier alpha value is -2.62. The predicted molar refractivity (Wildman–Crippen MR) is 96.5 cm³/mol. The van der Waals surface area contributed by atoms with Gasteiger partial charge in [0.05, 0.1) is 0 Å². The Labute approximate surface area is 142 Å². The van der Waals surface area contributed by atoms with E-state index in [1.807, 2.05) is 36.4 Å². The average Bonchev–Trinajstić information content (AvgIpc) is 3.01. The Morgan fingerprint density at radius 3 is 2.42 bits per heavy atom. The van der Waals surface area contributed by atoms with Gasteiger partial charge in [-0.1, -0.05) is 32.0 Å². The third-order valence-electron chi connectivity index (χ3n) is 4.35. The topological polar surface area (TPSA) is 49.4 Å². The zero-order chi connectivity index (χ0) is 17.1. The molecule has 1 aliphatic rings. The number of carbonyl (C=O) groups excluding carboxylic acids is 2. The lowest BCUT2D eigenvalue weighted by atomic mass is 10.0. The molecule has 1 aliphatic heterocycles. The Balaban J connectivity index is 1.75. The van der Waals surface area contributed by atoms with E-state index in [0.29, 0.717) is 17.9 Å². The summed E-state index contributed by atoms with van der Waals surface area (Å²) in [5.74, 6) is 0.352. The van der Waals surface area contributed by atoms with Crippen LogP contribution in [0.4, 0.5) is 11.4 Å². The maximum atomic E-state index is 12.5. The molecule has 0 aliphatic carbocycles. The third-order valence-corrected chi connectivity index (χ3v) is 4.35. The van der Waals surface area contributed by atoms with Crippen molar-refractivity contribution in [2.45, 2.75) is 32.6 Å². The van der Waals surface area contributed by atoms with Crippen LogP contribution in [0.25, 0.3) is 0 Å². The Morgan fingerprint density at radius 1 is 1.08 bits per heavy atom. The van der Waals surface area contributed by atoms with Crippen LogP contribution in [0.3, 0.4) is 0 Å². The number of nitrogens with one attached hydrogen (secondary N) is 1. The molecule has 2 amide bonds. The fourth-order valence-corrected chi connectivity index (χ4v) is 3.02. The maximum absolute atomic E-state index is 12.5. The van der Waals surface area contributed by atoms with Crippen molar-refractivity contribution >= 4 is 23.2 Å². The summed E-state index contributed by atoms with van der Waals surface area (Å²) >= 11 is 0. The SMILES string of the molecule is CC(C)c1ccccc1NC(=O)c1ccc(N2CCCC2=O)cc1. The van der Waals surface area contributed by atoms with Gasteiger partial charge in [-0.15, -0.1) is 0 Å². The van der Waals surface area contributed by atoms with E-state index in [2.05, 4.69) is 19.2 Å². The lowest BCUT2D eigenvalue weighted by Gasteiger charge is -2.16. The first-order valence-corrected chi connectivity index (χ1v) is 8.37. The number of benzene rings is 2. The largest absolute Gasteiger partial charge is 0.322 e. The Morgan fingerprint density at radius 2 is 1.79 bits per heavy atom. The van der Waals surface area contributed by atoms with E-state index in [9.17, 15) is 9.59 Å². The summed E-state index contributed by atoms with van der Waals surface area (Å²) in [5, 5.41) is 2.99. The summed E-state index contributed by atoms with van der Waals surface area (Å²) in [6.07, 6.45) is 1.50. The minimum atomic E-state index is -0.137. The molecule has 3 rings (SSSR count). The molecule has 0 radical (unpaired) electrons. The lowest BCUT2D eigenvalue weighted by Crippen LogP contribution is -2.23. The fraction of sp³-hybridized carbons (Fsp3) is 0.300. The van der Waals surface area contributed by atoms with Crippen molar-refractivity contribution in [3.63, 3.8) is 0 Å². The van der Waals surface area contributed by atoms with E-state index >= 15 is 0 Å². The van der Waals surface area contributed by atoms with E-state index in [4.69, 9.17) is 0 Å². The van der Waals surface area contributed by atoms with Gasteiger partial charge in [-0.05, 0) is 48.2 Å². The van der Waals surface area contributed by atoms with Crippen LogP contribution in [0.5, 0.6) is 0 Å². The summed E-state index contributed by atoms with van der Waals surface area (Å²) in [6.45, 7) is 4.96. The molecule has 2 aromatic carbocycles. The smallest absolute Gasteiger partial charge is 0.255 e. The second kappa shape index (κ2) is 6.87. The van der Waals surface area contributed by atoms with Crippen molar-refractivity contribution in [1.29, 1.82) is 0 Å². The van der Waals surface area contributed by atoms with Crippen molar-refractivity contribution in [2.24, 2.45) is 0 Å². The monoisotopic (exact) mass is 322 g/mol. The minimum absolute atomic E-state index is 0.137. The van der Waals surface area contributed by atoms with E-state index in [1.165, 1.54) is 0 Å². The van der Waals surface area contributed by atoms with Crippen LogP contribution in [-0.4, -0.2) is 18.4 Å². The standard InChI is InChI=1S/C20H22N2O2/c1-14(2)17-6-3-4-7-18(17)21-20(24)15-9-11-16(12-10-15)22-13-5-8-19(22)23/h3-4,6-7,9-12,14H,5,8,13H2,1-2H3,(H,21,24). The molecule has 1 fully saturated rings. The molecule has 0 saturated carbocycles. The molecule has 124 valence electrons. The first kappa shape index (κ1) is 16.2. The van der Waals surface area contributed by atoms with E-state index in [-0.39, 0.29) is 11.8 Å². The van der Waals surface area contributed by atoms with Crippen LogP contribution >= 0.6 is 0 Å². The molecule has 0 spiro atoms. The molecule has 1 heterocycles. The number of hydrogen-bond acceptors (Lipinski definition) is 2. The second-order valence-electron chi connectivity index (χ2n) is 6.39. The molecule has 2 aromatic rings. The molecule has 0 aromatic heterocycles. The van der Waals surface area contributed by atoms with Crippen LogP contribution in [0.15, 0.2) is 48.5 Å². The van der Waals surface area contributed by atoms with E-state index < -0.39 is 0 Å². The van der Waals surface area contributed by atoms with Gasteiger partial charge in [0.15, 0.2) is 0 Å². The van der Waals surface area contributed by atoms with Crippen LogP contribution in [0.2, 0.25) is 0 Å². The number of anilines is 2. The summed E-state index contributed by atoms with van der Waals surface area (Å²) in [6, 6.07) is 15.1. The lowest BCUT2D eigenvalue weighted by molar-refractivity contribution is -0.117. The van der Waals surface area contributed by atoms with Gasteiger partial charge in [0, 0.05) is 29.9 Å². The van der Waals surface area contributed by atoms with Crippen molar-refractivity contribution < 1.29 is 9.59 Å².